The monoisotopic (exact) mass is 368 g/mol. The number of alkyl halides is 2. The molecule has 1 aromatic rings. The van der Waals surface area contributed by atoms with E-state index in [0.717, 1.165) is 25.0 Å². The van der Waals surface area contributed by atoms with Gasteiger partial charge in [-0.05, 0) is 38.0 Å². The quantitative estimate of drug-likeness (QED) is 0.867. The average Bonchev–Trinajstić information content (AvgIpc) is 2.48. The molecule has 0 spiro atoms. The van der Waals surface area contributed by atoms with E-state index in [1.165, 1.54) is 10.4 Å². The molecule has 1 aromatic carbocycles. The van der Waals surface area contributed by atoms with E-state index >= 15 is 0 Å². The van der Waals surface area contributed by atoms with E-state index in [-0.39, 0.29) is 27.8 Å². The number of piperidine rings is 1. The summed E-state index contributed by atoms with van der Waals surface area (Å²) in [6.07, 6.45) is 2.36. The summed E-state index contributed by atoms with van der Waals surface area (Å²) in [7, 11) is -3.80. The van der Waals surface area contributed by atoms with Gasteiger partial charge in [-0.2, -0.15) is 13.1 Å². The molecule has 0 saturated carbocycles. The van der Waals surface area contributed by atoms with Crippen molar-refractivity contribution in [2.45, 2.75) is 49.8 Å². The van der Waals surface area contributed by atoms with Gasteiger partial charge < -0.3 is 10.5 Å². The van der Waals surface area contributed by atoms with Gasteiger partial charge in [0.1, 0.15) is 5.75 Å². The van der Waals surface area contributed by atoms with Crippen LogP contribution in [0.1, 0.15) is 26.2 Å². The van der Waals surface area contributed by atoms with Gasteiger partial charge in [0, 0.05) is 18.6 Å². The molecule has 0 amide bonds. The minimum absolute atomic E-state index is 0.0586. The SMILES string of the molecule is CC(N)C1CCCCN1S(=O)(=O)c1ccc(OC(F)F)c(Cl)c1. The van der Waals surface area contributed by atoms with Gasteiger partial charge in [-0.3, -0.25) is 0 Å². The van der Waals surface area contributed by atoms with Crippen molar-refractivity contribution in [3.8, 4) is 5.75 Å². The molecule has 2 atom stereocenters. The van der Waals surface area contributed by atoms with Gasteiger partial charge in [-0.15, -0.1) is 0 Å². The fourth-order valence-corrected chi connectivity index (χ4v) is 4.81. The Bertz CT molecular complexity index is 655. The van der Waals surface area contributed by atoms with Crippen molar-refractivity contribution < 1.29 is 21.9 Å². The number of benzene rings is 1. The molecule has 1 fully saturated rings. The van der Waals surface area contributed by atoms with E-state index in [0.29, 0.717) is 13.0 Å². The highest BCUT2D eigenvalue weighted by atomic mass is 35.5. The van der Waals surface area contributed by atoms with Crippen molar-refractivity contribution in [3.63, 3.8) is 0 Å². The Balaban J connectivity index is 2.33. The number of ether oxygens (including phenoxy) is 1. The average molecular weight is 369 g/mol. The highest BCUT2D eigenvalue weighted by molar-refractivity contribution is 7.89. The fourth-order valence-electron chi connectivity index (χ4n) is 2.72. The molecule has 5 nitrogen and oxygen atoms in total. The lowest BCUT2D eigenvalue weighted by molar-refractivity contribution is -0.0498. The largest absolute Gasteiger partial charge is 0.433 e. The van der Waals surface area contributed by atoms with Crippen LogP contribution in [-0.4, -0.2) is 38.0 Å². The van der Waals surface area contributed by atoms with Gasteiger partial charge in [-0.1, -0.05) is 18.0 Å². The van der Waals surface area contributed by atoms with Crippen molar-refractivity contribution in [3.05, 3.63) is 23.2 Å². The molecular weight excluding hydrogens is 350 g/mol. The molecule has 2 unspecified atom stereocenters. The van der Waals surface area contributed by atoms with Crippen LogP contribution in [0.2, 0.25) is 5.02 Å². The Hall–Kier alpha value is -0.960. The number of rotatable bonds is 5. The number of sulfonamides is 1. The van der Waals surface area contributed by atoms with E-state index in [9.17, 15) is 17.2 Å². The van der Waals surface area contributed by atoms with Crippen molar-refractivity contribution in [2.24, 2.45) is 5.73 Å². The molecule has 1 heterocycles. The summed E-state index contributed by atoms with van der Waals surface area (Å²) in [5, 5.41) is -0.180. The molecule has 1 aliphatic heterocycles. The summed E-state index contributed by atoms with van der Waals surface area (Å²) >= 11 is 5.85. The number of nitrogens with two attached hydrogens (primary N) is 1. The van der Waals surface area contributed by atoms with E-state index in [1.54, 1.807) is 6.92 Å². The maximum absolute atomic E-state index is 12.8. The second-order valence-corrected chi connectivity index (χ2v) is 7.81. The molecule has 1 saturated heterocycles. The number of nitrogens with zero attached hydrogens (tertiary/aromatic N) is 1. The molecule has 0 bridgehead atoms. The first kappa shape index (κ1) is 18.4. The zero-order chi connectivity index (χ0) is 17.2. The maximum atomic E-state index is 12.8. The highest BCUT2D eigenvalue weighted by Gasteiger charge is 2.35. The summed E-state index contributed by atoms with van der Waals surface area (Å²) in [6.45, 7) is -0.883. The minimum atomic E-state index is -3.80. The predicted molar refractivity (Wildman–Crippen MR) is 83.3 cm³/mol. The van der Waals surface area contributed by atoms with Crippen LogP contribution < -0.4 is 10.5 Å². The zero-order valence-corrected chi connectivity index (χ0v) is 14.2. The van der Waals surface area contributed by atoms with Gasteiger partial charge >= 0.3 is 6.61 Å². The Labute approximate surface area is 139 Å². The molecule has 9 heteroatoms. The summed E-state index contributed by atoms with van der Waals surface area (Å²) in [6, 6.07) is 2.88. The van der Waals surface area contributed by atoms with Gasteiger partial charge in [0.05, 0.1) is 9.92 Å². The first-order valence-corrected chi connectivity index (χ1v) is 9.07. The summed E-state index contributed by atoms with van der Waals surface area (Å²) in [5.41, 5.74) is 5.91. The van der Waals surface area contributed by atoms with Crippen molar-refractivity contribution in [1.82, 2.24) is 4.31 Å². The number of halogens is 3. The predicted octanol–water partition coefficient (Wildman–Crippen LogP) is 2.83. The van der Waals surface area contributed by atoms with Gasteiger partial charge in [0.2, 0.25) is 10.0 Å². The third kappa shape index (κ3) is 4.12. The Kier molecular flexibility index (Phi) is 5.83. The van der Waals surface area contributed by atoms with Crippen LogP contribution in [0.5, 0.6) is 5.75 Å². The van der Waals surface area contributed by atoms with E-state index in [4.69, 9.17) is 17.3 Å². The molecule has 0 aliphatic carbocycles. The van der Waals surface area contributed by atoms with Crippen molar-refractivity contribution in [2.75, 3.05) is 6.54 Å². The molecule has 130 valence electrons. The second-order valence-electron chi connectivity index (χ2n) is 5.51. The van der Waals surface area contributed by atoms with Gasteiger partial charge in [0.15, 0.2) is 0 Å². The van der Waals surface area contributed by atoms with Gasteiger partial charge in [-0.25, -0.2) is 8.42 Å². The van der Waals surface area contributed by atoms with Crippen LogP contribution in [0.15, 0.2) is 23.1 Å². The van der Waals surface area contributed by atoms with Crippen LogP contribution >= 0.6 is 11.6 Å². The molecule has 0 aromatic heterocycles. The zero-order valence-electron chi connectivity index (χ0n) is 12.6. The summed E-state index contributed by atoms with van der Waals surface area (Å²) < 4.78 is 55.7. The minimum Gasteiger partial charge on any atom is -0.433 e. The van der Waals surface area contributed by atoms with Crippen LogP contribution in [0, 0.1) is 0 Å². The number of hydrogen-bond donors (Lipinski definition) is 1. The summed E-state index contributed by atoms with van der Waals surface area (Å²) in [5.74, 6) is -0.261. The molecule has 1 aliphatic rings. The van der Waals surface area contributed by atoms with Crippen LogP contribution in [-0.2, 0) is 10.0 Å². The maximum Gasteiger partial charge on any atom is 0.387 e. The Morgan fingerprint density at radius 1 is 1.39 bits per heavy atom. The fraction of sp³-hybridized carbons (Fsp3) is 0.571. The second kappa shape index (κ2) is 7.29. The van der Waals surface area contributed by atoms with Crippen LogP contribution in [0.3, 0.4) is 0 Å². The topological polar surface area (TPSA) is 72.6 Å². The van der Waals surface area contributed by atoms with Crippen LogP contribution in [0.4, 0.5) is 8.78 Å². The van der Waals surface area contributed by atoms with E-state index in [1.807, 2.05) is 0 Å². The first-order valence-electron chi connectivity index (χ1n) is 7.25. The van der Waals surface area contributed by atoms with Crippen molar-refractivity contribution >= 4 is 21.6 Å². The van der Waals surface area contributed by atoms with E-state index in [2.05, 4.69) is 4.74 Å². The molecule has 2 N–H and O–H groups in total. The highest BCUT2D eigenvalue weighted by Crippen LogP contribution is 2.32. The first-order chi connectivity index (χ1) is 10.7. The third-order valence-electron chi connectivity index (χ3n) is 3.83. The normalized spacial score (nSPS) is 21.4. The third-order valence-corrected chi connectivity index (χ3v) is 6.05. The molecule has 2 rings (SSSR count). The van der Waals surface area contributed by atoms with E-state index < -0.39 is 16.6 Å². The number of hydrogen-bond acceptors (Lipinski definition) is 4. The molecule has 0 radical (unpaired) electrons. The summed E-state index contributed by atoms with van der Waals surface area (Å²) in [4.78, 5) is -0.0586. The molecular formula is C14H19ClF2N2O3S. The Morgan fingerprint density at radius 2 is 2.09 bits per heavy atom. The Morgan fingerprint density at radius 3 is 2.65 bits per heavy atom. The van der Waals surface area contributed by atoms with Crippen molar-refractivity contribution in [1.29, 1.82) is 0 Å². The smallest absolute Gasteiger partial charge is 0.387 e. The van der Waals surface area contributed by atoms with Crippen LogP contribution in [0.25, 0.3) is 0 Å². The lowest BCUT2D eigenvalue weighted by Gasteiger charge is -2.36. The van der Waals surface area contributed by atoms with Gasteiger partial charge in [0.25, 0.3) is 0 Å². The lowest BCUT2D eigenvalue weighted by atomic mass is 10.00. The standard InChI is InChI=1S/C14H19ClF2N2O3S/c1-9(18)12-4-2-3-7-19(12)23(20,21)10-5-6-13(11(15)8-10)22-14(16)17/h5-6,8-9,12,14H,2-4,7,18H2,1H3. The lowest BCUT2D eigenvalue weighted by Crippen LogP contribution is -2.51. The molecule has 23 heavy (non-hydrogen) atoms.